The Morgan fingerprint density at radius 1 is 1.30 bits per heavy atom. The number of pyridine rings is 1. The number of carbonyl (C=O) groups excluding carboxylic acids is 1. The third-order valence-electron chi connectivity index (χ3n) is 5.55. The van der Waals surface area contributed by atoms with Crippen LogP contribution in [0.4, 0.5) is 5.13 Å². The van der Waals surface area contributed by atoms with Gasteiger partial charge in [-0.2, -0.15) is 11.8 Å². The highest BCUT2D eigenvalue weighted by atomic mass is 32.2. The minimum atomic E-state index is -0.168. The lowest BCUT2D eigenvalue weighted by atomic mass is 9.95. The van der Waals surface area contributed by atoms with Gasteiger partial charge in [0.15, 0.2) is 10.9 Å². The van der Waals surface area contributed by atoms with Gasteiger partial charge in [0.05, 0.1) is 11.8 Å². The number of amides is 1. The summed E-state index contributed by atoms with van der Waals surface area (Å²) in [5.74, 6) is 3.15. The van der Waals surface area contributed by atoms with Crippen LogP contribution in [0.3, 0.4) is 0 Å². The maximum absolute atomic E-state index is 12.9. The second-order valence-electron chi connectivity index (χ2n) is 7.61. The first kappa shape index (κ1) is 19.8. The van der Waals surface area contributed by atoms with Crippen LogP contribution in [0.25, 0.3) is 11.5 Å². The SMILES string of the molecule is O=C(Nc1nc(-c2ccco2)c(CC2CCOCC2)s1)c1cnc2c(c1)CSCC2. The number of aromatic nitrogens is 2. The first-order valence-electron chi connectivity index (χ1n) is 10.2. The van der Waals surface area contributed by atoms with Gasteiger partial charge < -0.3 is 9.15 Å². The summed E-state index contributed by atoms with van der Waals surface area (Å²) in [5.41, 5.74) is 3.68. The largest absolute Gasteiger partial charge is 0.463 e. The fourth-order valence-electron chi connectivity index (χ4n) is 3.90. The van der Waals surface area contributed by atoms with E-state index in [4.69, 9.17) is 14.1 Å². The molecule has 156 valence electrons. The van der Waals surface area contributed by atoms with Crippen molar-refractivity contribution in [2.45, 2.75) is 31.4 Å². The molecule has 1 N–H and O–H groups in total. The standard InChI is InChI=1S/C22H23N3O3S2/c26-21(15-11-16-13-29-9-5-17(16)23-12-15)25-22-24-20(18-2-1-6-28-18)19(30-22)10-14-3-7-27-8-4-14/h1-2,6,11-12,14H,3-5,7-10,13H2,(H,24,25,26). The van der Waals surface area contributed by atoms with E-state index in [9.17, 15) is 4.79 Å². The normalized spacial score (nSPS) is 16.9. The van der Waals surface area contributed by atoms with Crippen LogP contribution < -0.4 is 5.32 Å². The van der Waals surface area contributed by atoms with Crippen LogP contribution in [0.2, 0.25) is 0 Å². The number of hydrogen-bond acceptors (Lipinski definition) is 7. The molecule has 1 amide bonds. The number of thioether (sulfide) groups is 1. The molecule has 0 unspecified atom stereocenters. The zero-order valence-corrected chi connectivity index (χ0v) is 18.2. The number of hydrogen-bond donors (Lipinski definition) is 1. The first-order chi connectivity index (χ1) is 14.8. The Kier molecular flexibility index (Phi) is 5.88. The van der Waals surface area contributed by atoms with Crippen molar-refractivity contribution in [3.8, 4) is 11.5 Å². The number of ether oxygens (including phenoxy) is 1. The molecule has 0 saturated carbocycles. The summed E-state index contributed by atoms with van der Waals surface area (Å²) in [4.78, 5) is 23.2. The molecule has 5 heterocycles. The number of nitrogens with one attached hydrogen (secondary N) is 1. The number of furan rings is 1. The quantitative estimate of drug-likeness (QED) is 0.612. The minimum absolute atomic E-state index is 0.168. The summed E-state index contributed by atoms with van der Waals surface area (Å²) >= 11 is 3.42. The van der Waals surface area contributed by atoms with E-state index in [1.54, 1.807) is 12.5 Å². The Hall–Kier alpha value is -2.16. The van der Waals surface area contributed by atoms with Gasteiger partial charge in [0.25, 0.3) is 5.91 Å². The highest BCUT2D eigenvalue weighted by Crippen LogP contribution is 2.35. The van der Waals surface area contributed by atoms with Crippen LogP contribution >= 0.6 is 23.1 Å². The second-order valence-corrected chi connectivity index (χ2v) is 9.80. The smallest absolute Gasteiger partial charge is 0.259 e. The molecule has 0 aliphatic carbocycles. The van der Waals surface area contributed by atoms with Crippen LogP contribution in [-0.2, 0) is 23.3 Å². The molecule has 0 radical (unpaired) electrons. The summed E-state index contributed by atoms with van der Waals surface area (Å²) in [6.45, 7) is 1.62. The van der Waals surface area contributed by atoms with E-state index in [1.165, 1.54) is 11.3 Å². The Bertz CT molecular complexity index is 1030. The molecule has 2 aliphatic rings. The van der Waals surface area contributed by atoms with E-state index in [-0.39, 0.29) is 5.91 Å². The molecule has 3 aromatic rings. The summed E-state index contributed by atoms with van der Waals surface area (Å²) in [5, 5.41) is 3.58. The molecule has 2 aliphatic heterocycles. The molecular formula is C22H23N3O3S2. The van der Waals surface area contributed by atoms with Crippen molar-refractivity contribution < 1.29 is 13.9 Å². The fourth-order valence-corrected chi connectivity index (χ4v) is 5.92. The molecule has 1 saturated heterocycles. The lowest BCUT2D eigenvalue weighted by Crippen LogP contribution is -2.17. The van der Waals surface area contributed by atoms with Gasteiger partial charge in [-0.15, -0.1) is 11.3 Å². The van der Waals surface area contributed by atoms with E-state index in [2.05, 4.69) is 10.3 Å². The van der Waals surface area contributed by atoms with Gasteiger partial charge in [0, 0.05) is 35.7 Å². The monoisotopic (exact) mass is 441 g/mol. The Morgan fingerprint density at radius 2 is 2.20 bits per heavy atom. The van der Waals surface area contributed by atoms with Gasteiger partial charge in [0.1, 0.15) is 5.69 Å². The van der Waals surface area contributed by atoms with Gasteiger partial charge in [-0.05, 0) is 61.1 Å². The fraction of sp³-hybridized carbons (Fsp3) is 0.409. The molecule has 30 heavy (non-hydrogen) atoms. The predicted octanol–water partition coefficient (Wildman–Crippen LogP) is 4.81. The van der Waals surface area contributed by atoms with E-state index in [0.717, 1.165) is 78.0 Å². The average molecular weight is 442 g/mol. The Morgan fingerprint density at radius 3 is 3.03 bits per heavy atom. The Balaban J connectivity index is 1.37. The van der Waals surface area contributed by atoms with E-state index in [0.29, 0.717) is 16.6 Å². The molecule has 8 heteroatoms. The number of rotatable bonds is 5. The number of anilines is 1. The summed E-state index contributed by atoms with van der Waals surface area (Å²) in [7, 11) is 0. The van der Waals surface area contributed by atoms with Crippen molar-refractivity contribution >= 4 is 34.1 Å². The average Bonchev–Trinajstić information content (AvgIpc) is 3.44. The van der Waals surface area contributed by atoms with Crippen molar-refractivity contribution in [3.05, 3.63) is 52.4 Å². The number of nitrogens with zero attached hydrogens (tertiary/aromatic N) is 2. The zero-order valence-electron chi connectivity index (χ0n) is 16.6. The maximum Gasteiger partial charge on any atom is 0.259 e. The lowest BCUT2D eigenvalue weighted by molar-refractivity contribution is 0.0667. The van der Waals surface area contributed by atoms with Gasteiger partial charge >= 0.3 is 0 Å². The topological polar surface area (TPSA) is 77.2 Å². The summed E-state index contributed by atoms with van der Waals surface area (Å²) in [6, 6.07) is 5.75. The van der Waals surface area contributed by atoms with Gasteiger partial charge in [-0.1, -0.05) is 0 Å². The van der Waals surface area contributed by atoms with Gasteiger partial charge in [-0.25, -0.2) is 4.98 Å². The van der Waals surface area contributed by atoms with Crippen molar-refractivity contribution in [3.63, 3.8) is 0 Å². The second kappa shape index (κ2) is 8.91. The van der Waals surface area contributed by atoms with Crippen LogP contribution in [0.5, 0.6) is 0 Å². The number of aryl methyl sites for hydroxylation is 1. The molecule has 0 aromatic carbocycles. The predicted molar refractivity (Wildman–Crippen MR) is 119 cm³/mol. The molecule has 0 bridgehead atoms. The summed E-state index contributed by atoms with van der Waals surface area (Å²) in [6.07, 6.45) is 7.32. The minimum Gasteiger partial charge on any atom is -0.463 e. The van der Waals surface area contributed by atoms with Gasteiger partial charge in [-0.3, -0.25) is 15.1 Å². The van der Waals surface area contributed by atoms with Crippen molar-refractivity contribution in [2.24, 2.45) is 5.92 Å². The van der Waals surface area contributed by atoms with Crippen LogP contribution in [0, 0.1) is 5.92 Å². The van der Waals surface area contributed by atoms with Crippen LogP contribution in [0.15, 0.2) is 35.1 Å². The highest BCUT2D eigenvalue weighted by molar-refractivity contribution is 7.98. The van der Waals surface area contributed by atoms with Crippen molar-refractivity contribution in [1.29, 1.82) is 0 Å². The van der Waals surface area contributed by atoms with Crippen LogP contribution in [0.1, 0.15) is 39.3 Å². The first-order valence-corrected chi connectivity index (χ1v) is 12.2. The third kappa shape index (κ3) is 4.31. The zero-order chi connectivity index (χ0) is 20.3. The highest BCUT2D eigenvalue weighted by Gasteiger charge is 2.22. The Labute approximate surface area is 183 Å². The molecular weight excluding hydrogens is 418 g/mol. The number of fused-ring (bicyclic) bond motifs is 1. The van der Waals surface area contributed by atoms with Crippen molar-refractivity contribution in [1.82, 2.24) is 9.97 Å². The van der Waals surface area contributed by atoms with E-state index < -0.39 is 0 Å². The third-order valence-corrected chi connectivity index (χ3v) is 7.55. The van der Waals surface area contributed by atoms with E-state index in [1.807, 2.05) is 30.0 Å². The van der Waals surface area contributed by atoms with Gasteiger partial charge in [0.2, 0.25) is 0 Å². The molecule has 5 rings (SSSR count). The summed E-state index contributed by atoms with van der Waals surface area (Å²) < 4.78 is 11.1. The molecule has 1 fully saturated rings. The molecule has 0 spiro atoms. The van der Waals surface area contributed by atoms with E-state index >= 15 is 0 Å². The van der Waals surface area contributed by atoms with Crippen molar-refractivity contribution in [2.75, 3.05) is 24.3 Å². The molecule has 6 nitrogen and oxygen atoms in total. The number of carbonyl (C=O) groups is 1. The number of thiazole rings is 1. The lowest BCUT2D eigenvalue weighted by Gasteiger charge is -2.21. The molecule has 0 atom stereocenters. The van der Waals surface area contributed by atoms with Crippen LogP contribution in [-0.4, -0.2) is 34.8 Å². The molecule has 3 aromatic heterocycles. The maximum atomic E-state index is 12.9.